The van der Waals surface area contributed by atoms with E-state index in [9.17, 15) is 27.6 Å². The van der Waals surface area contributed by atoms with Gasteiger partial charge in [-0.15, -0.1) is 0 Å². The molecule has 1 heterocycles. The van der Waals surface area contributed by atoms with Gasteiger partial charge in [0, 0.05) is 37.9 Å². The zero-order valence-corrected chi connectivity index (χ0v) is 22.4. The van der Waals surface area contributed by atoms with Crippen molar-refractivity contribution < 1.29 is 42.5 Å². The molecular weight excluding hydrogens is 557 g/mol. The van der Waals surface area contributed by atoms with Crippen molar-refractivity contribution in [2.24, 2.45) is 0 Å². The van der Waals surface area contributed by atoms with Gasteiger partial charge in [0.1, 0.15) is 5.75 Å². The van der Waals surface area contributed by atoms with Gasteiger partial charge in [-0.2, -0.15) is 13.2 Å². The number of carbonyl (C=O) groups is 3. The molecule has 4 amide bonds. The number of aliphatic hydroxyl groups excluding tert-OH is 2. The second-order valence-electron chi connectivity index (χ2n) is 9.05. The molecule has 2 aromatic rings. The van der Waals surface area contributed by atoms with E-state index in [-0.39, 0.29) is 62.3 Å². The van der Waals surface area contributed by atoms with Gasteiger partial charge in [-0.25, -0.2) is 4.79 Å². The van der Waals surface area contributed by atoms with E-state index in [2.05, 4.69) is 5.32 Å². The molecule has 14 heteroatoms. The lowest BCUT2D eigenvalue weighted by atomic mass is 10.1. The molecule has 0 unspecified atom stereocenters. The van der Waals surface area contributed by atoms with Crippen molar-refractivity contribution in [2.75, 3.05) is 50.9 Å². The summed E-state index contributed by atoms with van der Waals surface area (Å²) >= 11 is 6.27. The van der Waals surface area contributed by atoms with Crippen LogP contribution >= 0.6 is 11.6 Å². The lowest BCUT2D eigenvalue weighted by Gasteiger charge is -2.30. The topological polar surface area (TPSA) is 123 Å². The normalized spacial score (nSPS) is 15.2. The van der Waals surface area contributed by atoms with E-state index in [0.29, 0.717) is 11.3 Å². The number of para-hydroxylation sites is 1. The highest BCUT2D eigenvalue weighted by molar-refractivity contribution is 6.34. The molecule has 3 rings (SSSR count). The molecular formula is C26H30ClF3N4O6. The van der Waals surface area contributed by atoms with Gasteiger partial charge in [0.05, 0.1) is 30.3 Å². The third-order valence-corrected chi connectivity index (χ3v) is 6.48. The molecule has 0 aromatic heterocycles. The van der Waals surface area contributed by atoms with E-state index in [1.54, 1.807) is 31.2 Å². The Morgan fingerprint density at radius 1 is 1.12 bits per heavy atom. The SMILES string of the molecule is C[C@@H]1CN(C(=O)c2ccc(OCC(F)(F)F)cc2Cl)c2ccccc2CN1C(=O)NCC(=O)N(CCO)CCO. The molecule has 218 valence electrons. The number of aliphatic hydroxyl groups is 2. The minimum atomic E-state index is -4.53. The van der Waals surface area contributed by atoms with Crippen LogP contribution in [-0.4, -0.2) is 96.1 Å². The number of carbonyl (C=O) groups excluding carboxylic acids is 3. The highest BCUT2D eigenvalue weighted by Gasteiger charge is 2.33. The molecule has 0 fully saturated rings. The van der Waals surface area contributed by atoms with E-state index in [0.717, 1.165) is 6.07 Å². The maximum atomic E-state index is 13.6. The Kier molecular flexibility index (Phi) is 10.6. The fourth-order valence-corrected chi connectivity index (χ4v) is 4.46. The summed E-state index contributed by atoms with van der Waals surface area (Å²) in [5.74, 6) is -1.14. The molecule has 0 saturated carbocycles. The number of anilines is 1. The van der Waals surface area contributed by atoms with Crippen molar-refractivity contribution in [2.45, 2.75) is 25.7 Å². The maximum absolute atomic E-state index is 13.6. The molecule has 1 atom stereocenters. The van der Waals surface area contributed by atoms with Crippen LogP contribution in [-0.2, 0) is 11.3 Å². The molecule has 0 saturated heterocycles. The summed E-state index contributed by atoms with van der Waals surface area (Å²) in [7, 11) is 0. The molecule has 10 nitrogen and oxygen atoms in total. The van der Waals surface area contributed by atoms with Crippen LogP contribution in [0.2, 0.25) is 5.02 Å². The fourth-order valence-electron chi connectivity index (χ4n) is 4.21. The van der Waals surface area contributed by atoms with Crippen LogP contribution in [0.3, 0.4) is 0 Å². The van der Waals surface area contributed by atoms with Gasteiger partial charge in [-0.3, -0.25) is 9.59 Å². The first-order chi connectivity index (χ1) is 18.9. The van der Waals surface area contributed by atoms with E-state index in [1.165, 1.54) is 26.8 Å². The smallest absolute Gasteiger partial charge is 0.422 e. The molecule has 0 spiro atoms. The second-order valence-corrected chi connectivity index (χ2v) is 9.46. The van der Waals surface area contributed by atoms with Gasteiger partial charge in [0.2, 0.25) is 5.91 Å². The minimum absolute atomic E-state index is 0.0117. The molecule has 0 aliphatic carbocycles. The number of benzene rings is 2. The van der Waals surface area contributed by atoms with Crippen LogP contribution < -0.4 is 15.0 Å². The number of urea groups is 1. The van der Waals surface area contributed by atoms with Crippen LogP contribution in [0.15, 0.2) is 42.5 Å². The van der Waals surface area contributed by atoms with Crippen LogP contribution in [0.25, 0.3) is 0 Å². The quantitative estimate of drug-likeness (QED) is 0.415. The first-order valence-electron chi connectivity index (χ1n) is 12.4. The summed E-state index contributed by atoms with van der Waals surface area (Å²) in [4.78, 5) is 43.3. The number of nitrogens with one attached hydrogen (secondary N) is 1. The van der Waals surface area contributed by atoms with E-state index in [1.807, 2.05) is 0 Å². The number of hydrogen-bond donors (Lipinski definition) is 3. The predicted molar refractivity (Wildman–Crippen MR) is 140 cm³/mol. The van der Waals surface area contributed by atoms with Crippen LogP contribution in [0.5, 0.6) is 5.75 Å². The number of alkyl halides is 3. The van der Waals surface area contributed by atoms with Crippen LogP contribution in [0.4, 0.5) is 23.7 Å². The number of halogens is 4. The summed E-state index contributed by atoms with van der Waals surface area (Å²) in [5, 5.41) is 20.7. The van der Waals surface area contributed by atoms with Crippen molar-refractivity contribution in [3.05, 3.63) is 58.6 Å². The molecule has 2 aromatic carbocycles. The van der Waals surface area contributed by atoms with Crippen molar-refractivity contribution in [1.82, 2.24) is 15.1 Å². The van der Waals surface area contributed by atoms with Gasteiger partial charge >= 0.3 is 12.2 Å². The number of hydrogen-bond acceptors (Lipinski definition) is 6. The predicted octanol–water partition coefficient (Wildman–Crippen LogP) is 2.65. The van der Waals surface area contributed by atoms with Gasteiger partial charge in [0.25, 0.3) is 5.91 Å². The molecule has 0 radical (unpaired) electrons. The Labute approximate surface area is 233 Å². The van der Waals surface area contributed by atoms with Crippen molar-refractivity contribution in [3.63, 3.8) is 0 Å². The average Bonchev–Trinajstić information content (AvgIpc) is 3.06. The molecule has 1 aliphatic rings. The third kappa shape index (κ3) is 7.99. The van der Waals surface area contributed by atoms with Gasteiger partial charge in [-0.1, -0.05) is 29.8 Å². The highest BCUT2D eigenvalue weighted by atomic mass is 35.5. The summed E-state index contributed by atoms with van der Waals surface area (Å²) in [6, 6.07) is 9.51. The van der Waals surface area contributed by atoms with Gasteiger partial charge in [0.15, 0.2) is 6.61 Å². The van der Waals surface area contributed by atoms with E-state index in [4.69, 9.17) is 26.6 Å². The van der Waals surface area contributed by atoms with Crippen LogP contribution in [0, 0.1) is 0 Å². The Balaban J connectivity index is 1.78. The van der Waals surface area contributed by atoms with Crippen LogP contribution in [0.1, 0.15) is 22.8 Å². The number of nitrogens with zero attached hydrogens (tertiary/aromatic N) is 3. The largest absolute Gasteiger partial charge is 0.484 e. The average molecular weight is 587 g/mol. The van der Waals surface area contributed by atoms with Crippen molar-refractivity contribution in [3.8, 4) is 5.75 Å². The monoisotopic (exact) mass is 586 g/mol. The number of fused-ring (bicyclic) bond motifs is 1. The zero-order chi connectivity index (χ0) is 29.4. The third-order valence-electron chi connectivity index (χ3n) is 6.16. The number of ether oxygens (including phenoxy) is 1. The lowest BCUT2D eigenvalue weighted by Crippen LogP contribution is -2.50. The molecule has 0 bridgehead atoms. The Morgan fingerprint density at radius 3 is 2.42 bits per heavy atom. The van der Waals surface area contributed by atoms with E-state index < -0.39 is 36.7 Å². The molecule has 1 aliphatic heterocycles. The standard InChI is InChI=1S/C26H30ClF3N4O6/c1-17-14-34(24(38)20-7-6-19(12-21(20)27)40-16-26(28,29)30)22-5-3-2-4-18(22)15-33(17)25(39)31-13-23(37)32(8-10-35)9-11-36/h2-7,12,17,35-36H,8-11,13-16H2,1H3,(H,31,39)/t17-/m1/s1. The van der Waals surface area contributed by atoms with Crippen molar-refractivity contribution in [1.29, 1.82) is 0 Å². The van der Waals surface area contributed by atoms with E-state index >= 15 is 0 Å². The van der Waals surface area contributed by atoms with Crippen molar-refractivity contribution >= 4 is 35.1 Å². The van der Waals surface area contributed by atoms with Gasteiger partial charge < -0.3 is 35.0 Å². The second kappa shape index (κ2) is 13.7. The minimum Gasteiger partial charge on any atom is -0.484 e. The summed E-state index contributed by atoms with van der Waals surface area (Å²) < 4.78 is 42.2. The zero-order valence-electron chi connectivity index (χ0n) is 21.7. The highest BCUT2D eigenvalue weighted by Crippen LogP contribution is 2.31. The summed E-state index contributed by atoms with van der Waals surface area (Å²) in [6.07, 6.45) is -4.53. The number of amides is 4. The lowest BCUT2D eigenvalue weighted by molar-refractivity contribution is -0.153. The summed E-state index contributed by atoms with van der Waals surface area (Å²) in [6.45, 7) is -0.518. The Hall–Kier alpha value is -3.55. The maximum Gasteiger partial charge on any atom is 0.422 e. The summed E-state index contributed by atoms with van der Waals surface area (Å²) in [5.41, 5.74) is 1.21. The number of rotatable bonds is 9. The molecule has 40 heavy (non-hydrogen) atoms. The molecule has 3 N–H and O–H groups in total. The van der Waals surface area contributed by atoms with Gasteiger partial charge in [-0.05, 0) is 36.8 Å². The Bertz CT molecular complexity index is 1210. The first kappa shape index (κ1) is 31.0. The first-order valence-corrected chi connectivity index (χ1v) is 12.8. The Morgan fingerprint density at radius 2 is 1.80 bits per heavy atom. The fraction of sp³-hybridized carbons (Fsp3) is 0.423.